The van der Waals surface area contributed by atoms with Gasteiger partial charge < -0.3 is 5.32 Å². The highest BCUT2D eigenvalue weighted by Crippen LogP contribution is 2.37. The van der Waals surface area contributed by atoms with Gasteiger partial charge in [0.2, 0.25) is 0 Å². The molecule has 0 aromatic heterocycles. The molecule has 8 heteroatoms. The predicted molar refractivity (Wildman–Crippen MR) is 110 cm³/mol. The van der Waals surface area contributed by atoms with Crippen LogP contribution in [0.1, 0.15) is 22.8 Å². The van der Waals surface area contributed by atoms with Crippen LogP contribution in [0.15, 0.2) is 71.6 Å². The first-order valence-corrected chi connectivity index (χ1v) is 10.7. The SMILES string of the molecule is C[C@@H]1Cc2cc(C(=O)Nc3ccc(F)cc3)ccc2N1S(=O)(=O)c1ccc(F)cc1. The Morgan fingerprint density at radius 2 is 1.57 bits per heavy atom. The molecule has 0 unspecified atom stereocenters. The van der Waals surface area contributed by atoms with E-state index in [-0.39, 0.29) is 16.8 Å². The second-order valence-corrected chi connectivity index (χ2v) is 8.93. The minimum atomic E-state index is -3.87. The monoisotopic (exact) mass is 428 g/mol. The molecule has 154 valence electrons. The summed E-state index contributed by atoms with van der Waals surface area (Å²) in [4.78, 5) is 12.5. The number of anilines is 2. The summed E-state index contributed by atoms with van der Waals surface area (Å²) in [6, 6.07) is 14.5. The second kappa shape index (κ2) is 7.53. The van der Waals surface area contributed by atoms with Gasteiger partial charge in [-0.15, -0.1) is 0 Å². The van der Waals surface area contributed by atoms with Gasteiger partial charge in [0.25, 0.3) is 15.9 Å². The molecule has 0 bridgehead atoms. The number of benzene rings is 3. The molecule has 1 atom stereocenters. The summed E-state index contributed by atoms with van der Waals surface area (Å²) in [5, 5.41) is 2.69. The zero-order valence-electron chi connectivity index (χ0n) is 16.0. The minimum absolute atomic E-state index is 0.00160. The molecule has 1 amide bonds. The Labute approximate surface area is 173 Å². The Bertz CT molecular complexity index is 1210. The van der Waals surface area contributed by atoms with Crippen molar-refractivity contribution in [2.24, 2.45) is 0 Å². The number of hydrogen-bond acceptors (Lipinski definition) is 3. The molecule has 1 N–H and O–H groups in total. The van der Waals surface area contributed by atoms with E-state index in [1.165, 1.54) is 40.7 Å². The van der Waals surface area contributed by atoms with E-state index in [0.29, 0.717) is 23.4 Å². The van der Waals surface area contributed by atoms with E-state index in [4.69, 9.17) is 0 Å². The van der Waals surface area contributed by atoms with Crippen LogP contribution in [0.2, 0.25) is 0 Å². The first kappa shape index (κ1) is 20.0. The summed E-state index contributed by atoms with van der Waals surface area (Å²) in [5.41, 5.74) is 2.03. The van der Waals surface area contributed by atoms with Crippen LogP contribution in [0.5, 0.6) is 0 Å². The number of halogens is 2. The van der Waals surface area contributed by atoms with Gasteiger partial charge in [0.15, 0.2) is 0 Å². The third-order valence-corrected chi connectivity index (χ3v) is 6.91. The Kier molecular flexibility index (Phi) is 5.03. The van der Waals surface area contributed by atoms with Crippen molar-refractivity contribution in [3.05, 3.63) is 89.5 Å². The van der Waals surface area contributed by atoms with Gasteiger partial charge in [0, 0.05) is 17.3 Å². The van der Waals surface area contributed by atoms with Crippen molar-refractivity contribution in [3.63, 3.8) is 0 Å². The average molecular weight is 428 g/mol. The van der Waals surface area contributed by atoms with Gasteiger partial charge in [-0.1, -0.05) is 0 Å². The molecule has 1 aliphatic rings. The number of fused-ring (bicyclic) bond motifs is 1. The molecule has 4 rings (SSSR count). The van der Waals surface area contributed by atoms with Crippen LogP contribution in [0.3, 0.4) is 0 Å². The first-order chi connectivity index (χ1) is 14.3. The molecule has 0 radical (unpaired) electrons. The van der Waals surface area contributed by atoms with Crippen LogP contribution in [-0.4, -0.2) is 20.4 Å². The second-order valence-electron chi connectivity index (χ2n) is 7.11. The van der Waals surface area contributed by atoms with Gasteiger partial charge in [-0.2, -0.15) is 0 Å². The third-order valence-electron chi connectivity index (χ3n) is 4.97. The number of amides is 1. The quantitative estimate of drug-likeness (QED) is 0.672. The van der Waals surface area contributed by atoms with Crippen molar-refractivity contribution in [3.8, 4) is 0 Å². The van der Waals surface area contributed by atoms with Crippen molar-refractivity contribution in [2.45, 2.75) is 24.3 Å². The molecule has 30 heavy (non-hydrogen) atoms. The lowest BCUT2D eigenvalue weighted by molar-refractivity contribution is 0.102. The van der Waals surface area contributed by atoms with E-state index in [1.54, 1.807) is 25.1 Å². The molecule has 3 aromatic rings. The first-order valence-electron chi connectivity index (χ1n) is 9.25. The van der Waals surface area contributed by atoms with Crippen molar-refractivity contribution in [1.82, 2.24) is 0 Å². The van der Waals surface area contributed by atoms with Crippen molar-refractivity contribution < 1.29 is 22.0 Å². The Hall–Kier alpha value is -3.26. The van der Waals surface area contributed by atoms with E-state index in [1.807, 2.05) is 0 Å². The largest absolute Gasteiger partial charge is 0.322 e. The Morgan fingerprint density at radius 3 is 2.20 bits per heavy atom. The van der Waals surface area contributed by atoms with Gasteiger partial charge in [0.1, 0.15) is 11.6 Å². The molecule has 5 nitrogen and oxygen atoms in total. The van der Waals surface area contributed by atoms with Crippen LogP contribution in [-0.2, 0) is 16.4 Å². The summed E-state index contributed by atoms with van der Waals surface area (Å²) >= 11 is 0. The van der Waals surface area contributed by atoms with Crippen molar-refractivity contribution in [1.29, 1.82) is 0 Å². The molecular formula is C22H18F2N2O3S. The van der Waals surface area contributed by atoms with Crippen LogP contribution in [0.4, 0.5) is 20.2 Å². The number of nitrogens with one attached hydrogen (secondary N) is 1. The van der Waals surface area contributed by atoms with E-state index in [0.717, 1.165) is 17.7 Å². The summed E-state index contributed by atoms with van der Waals surface area (Å²) in [5.74, 6) is -1.29. The molecule has 0 saturated carbocycles. The highest BCUT2D eigenvalue weighted by molar-refractivity contribution is 7.92. The highest BCUT2D eigenvalue weighted by atomic mass is 32.2. The molecule has 1 heterocycles. The molecular weight excluding hydrogens is 410 g/mol. The molecule has 0 saturated heterocycles. The van der Waals surface area contributed by atoms with Crippen LogP contribution >= 0.6 is 0 Å². The minimum Gasteiger partial charge on any atom is -0.322 e. The lowest BCUT2D eigenvalue weighted by atomic mass is 10.1. The number of carbonyl (C=O) groups excluding carboxylic acids is 1. The number of rotatable bonds is 4. The molecule has 3 aromatic carbocycles. The zero-order valence-corrected chi connectivity index (χ0v) is 16.8. The number of carbonyl (C=O) groups is 1. The third kappa shape index (κ3) is 3.66. The smallest absolute Gasteiger partial charge is 0.264 e. The summed E-state index contributed by atoms with van der Waals surface area (Å²) in [7, 11) is -3.87. The summed E-state index contributed by atoms with van der Waals surface area (Å²) < 4.78 is 53.7. The van der Waals surface area contributed by atoms with Gasteiger partial charge in [0.05, 0.1) is 10.6 Å². The van der Waals surface area contributed by atoms with Crippen LogP contribution in [0, 0.1) is 11.6 Å². The van der Waals surface area contributed by atoms with E-state index >= 15 is 0 Å². The summed E-state index contributed by atoms with van der Waals surface area (Å²) in [6.07, 6.45) is 0.438. The maximum atomic E-state index is 13.2. The predicted octanol–water partition coefficient (Wildman–Crippen LogP) is 4.36. The fourth-order valence-electron chi connectivity index (χ4n) is 3.57. The maximum absolute atomic E-state index is 13.2. The Balaban J connectivity index is 1.62. The van der Waals surface area contributed by atoms with Crippen LogP contribution in [0.25, 0.3) is 0 Å². The fourth-order valence-corrected chi connectivity index (χ4v) is 5.26. The number of hydrogen-bond donors (Lipinski definition) is 1. The topological polar surface area (TPSA) is 66.5 Å². The molecule has 0 aliphatic carbocycles. The normalized spacial score (nSPS) is 15.7. The molecule has 1 aliphatic heterocycles. The maximum Gasteiger partial charge on any atom is 0.264 e. The van der Waals surface area contributed by atoms with Gasteiger partial charge >= 0.3 is 0 Å². The van der Waals surface area contributed by atoms with E-state index in [9.17, 15) is 22.0 Å². The number of sulfonamides is 1. The highest BCUT2D eigenvalue weighted by Gasteiger charge is 2.36. The Morgan fingerprint density at radius 1 is 0.967 bits per heavy atom. The van der Waals surface area contributed by atoms with Crippen LogP contribution < -0.4 is 9.62 Å². The standard InChI is InChI=1S/C22H18F2N2O3S/c1-14-12-16-13-15(22(27)25-19-7-3-17(23)4-8-19)2-11-21(16)26(14)30(28,29)20-9-5-18(24)6-10-20/h2-11,13-14H,12H2,1H3,(H,25,27)/t14-/m1/s1. The number of nitrogens with zero attached hydrogens (tertiary/aromatic N) is 1. The van der Waals surface area contributed by atoms with Crippen molar-refractivity contribution in [2.75, 3.05) is 9.62 Å². The van der Waals surface area contributed by atoms with Gasteiger partial charge in [-0.25, -0.2) is 17.2 Å². The van der Waals surface area contributed by atoms with Crippen molar-refractivity contribution >= 4 is 27.3 Å². The molecule has 0 spiro atoms. The summed E-state index contributed by atoms with van der Waals surface area (Å²) in [6.45, 7) is 1.78. The average Bonchev–Trinajstić information content (AvgIpc) is 3.05. The lowest BCUT2D eigenvalue weighted by Crippen LogP contribution is -2.35. The fraction of sp³-hybridized carbons (Fsp3) is 0.136. The lowest BCUT2D eigenvalue weighted by Gasteiger charge is -2.24. The van der Waals surface area contributed by atoms with Gasteiger partial charge in [-0.05, 0) is 85.6 Å². The van der Waals surface area contributed by atoms with Gasteiger partial charge in [-0.3, -0.25) is 9.10 Å². The van der Waals surface area contributed by atoms with E-state index in [2.05, 4.69) is 5.32 Å². The molecule has 0 fully saturated rings. The zero-order chi connectivity index (χ0) is 21.5. The van der Waals surface area contributed by atoms with E-state index < -0.39 is 21.7 Å².